The molecule has 0 radical (unpaired) electrons. The summed E-state index contributed by atoms with van der Waals surface area (Å²) >= 11 is 11.0. The number of thiocarbonyl (C=S) groups is 2. The summed E-state index contributed by atoms with van der Waals surface area (Å²) in [6.07, 6.45) is 7.92. The maximum absolute atomic E-state index is 5.51. The highest BCUT2D eigenvalue weighted by atomic mass is 33.1. The summed E-state index contributed by atoms with van der Waals surface area (Å²) in [7, 11) is 7.33. The van der Waals surface area contributed by atoms with Crippen molar-refractivity contribution in [1.82, 2.24) is 9.80 Å². The lowest BCUT2D eigenvalue weighted by molar-refractivity contribution is 0.352. The number of hydrogen-bond acceptors (Lipinski definition) is 6. The summed E-state index contributed by atoms with van der Waals surface area (Å²) in [4.78, 5) is 4.73. The fraction of sp³-hybridized carbons (Fsp3) is 0.857. The largest absolute Gasteiger partial charge is 0.357 e. The number of hydrogen-bond donors (Lipinski definition) is 0. The topological polar surface area (TPSA) is 6.48 Å². The Morgan fingerprint density at radius 2 is 1.00 bits per heavy atom. The van der Waals surface area contributed by atoms with E-state index in [2.05, 4.69) is 9.80 Å². The first kappa shape index (κ1) is 19.5. The Bertz CT molecular complexity index is 319. The normalized spacial score (nSPS) is 19.3. The first-order valence-corrected chi connectivity index (χ1v) is 13.4. The molecule has 126 valence electrons. The molecule has 22 heavy (non-hydrogen) atoms. The molecule has 2 rings (SSSR count). The lowest BCUT2D eigenvalue weighted by atomic mass is 10.1. The number of piperidine rings is 2. The van der Waals surface area contributed by atoms with E-state index in [1.807, 2.05) is 21.6 Å². The smallest absolute Gasteiger partial charge is 0.147 e. The molecule has 2 saturated heterocycles. The van der Waals surface area contributed by atoms with Gasteiger partial charge in [0, 0.05) is 37.7 Å². The summed E-state index contributed by atoms with van der Waals surface area (Å²) in [6.45, 7) is 4.62. The molecule has 2 aliphatic rings. The summed E-state index contributed by atoms with van der Waals surface area (Å²) in [5.74, 6) is 2.25. The molecule has 0 saturated carbocycles. The van der Waals surface area contributed by atoms with Gasteiger partial charge in [-0.05, 0) is 60.1 Å². The molecule has 0 aromatic heterocycles. The van der Waals surface area contributed by atoms with Gasteiger partial charge in [-0.1, -0.05) is 46.0 Å². The zero-order chi connectivity index (χ0) is 15.6. The molecule has 0 spiro atoms. The molecule has 2 aliphatic heterocycles. The van der Waals surface area contributed by atoms with Gasteiger partial charge < -0.3 is 9.80 Å². The monoisotopic (exact) mass is 412 g/mol. The maximum atomic E-state index is 5.51. The van der Waals surface area contributed by atoms with E-state index in [0.717, 1.165) is 46.3 Å². The molecular formula is C14H24N2S6. The zero-order valence-electron chi connectivity index (χ0n) is 12.8. The van der Waals surface area contributed by atoms with E-state index < -0.39 is 0 Å². The van der Waals surface area contributed by atoms with Gasteiger partial charge in [-0.15, -0.1) is 0 Å². The molecule has 0 bridgehead atoms. The Morgan fingerprint density at radius 1 is 0.636 bits per heavy atom. The molecule has 0 atom stereocenters. The second-order valence-corrected chi connectivity index (χ2v) is 11.5. The van der Waals surface area contributed by atoms with E-state index in [9.17, 15) is 0 Å². The standard InChI is InChI=1S/C14H24N2S6/c17-13(15-7-3-1-4-8-15)21-19-11-12-20-22-14(18)16-9-5-2-6-10-16/h1-12H2. The van der Waals surface area contributed by atoms with Crippen LogP contribution < -0.4 is 0 Å². The third-order valence-corrected chi connectivity index (χ3v) is 10.1. The summed E-state index contributed by atoms with van der Waals surface area (Å²) in [5, 5.41) is 0. The van der Waals surface area contributed by atoms with Crippen LogP contribution in [0.1, 0.15) is 38.5 Å². The maximum Gasteiger partial charge on any atom is 0.147 e. The van der Waals surface area contributed by atoms with Gasteiger partial charge in [0.2, 0.25) is 0 Å². The van der Waals surface area contributed by atoms with Gasteiger partial charge in [0.15, 0.2) is 0 Å². The van der Waals surface area contributed by atoms with Crippen molar-refractivity contribution in [3.63, 3.8) is 0 Å². The molecule has 2 fully saturated rings. The van der Waals surface area contributed by atoms with E-state index in [4.69, 9.17) is 24.4 Å². The van der Waals surface area contributed by atoms with E-state index in [0.29, 0.717) is 0 Å². The predicted octanol–water partition coefficient (Wildman–Crippen LogP) is 5.29. The predicted molar refractivity (Wildman–Crippen MR) is 116 cm³/mol. The highest BCUT2D eigenvalue weighted by Gasteiger charge is 2.15. The van der Waals surface area contributed by atoms with Crippen molar-refractivity contribution < 1.29 is 0 Å². The van der Waals surface area contributed by atoms with Crippen LogP contribution in [0.2, 0.25) is 0 Å². The molecular weight excluding hydrogens is 389 g/mol. The Labute approximate surface area is 161 Å². The van der Waals surface area contributed by atoms with E-state index >= 15 is 0 Å². The van der Waals surface area contributed by atoms with Crippen LogP contribution in [0.25, 0.3) is 0 Å². The Kier molecular flexibility index (Phi) is 10.4. The van der Waals surface area contributed by atoms with Crippen LogP contribution in [0.15, 0.2) is 0 Å². The molecule has 0 aromatic carbocycles. The van der Waals surface area contributed by atoms with Crippen molar-refractivity contribution in [2.24, 2.45) is 0 Å². The van der Waals surface area contributed by atoms with Gasteiger partial charge in [-0.3, -0.25) is 0 Å². The van der Waals surface area contributed by atoms with Crippen LogP contribution in [-0.4, -0.2) is 56.1 Å². The van der Waals surface area contributed by atoms with Crippen LogP contribution in [0.3, 0.4) is 0 Å². The van der Waals surface area contributed by atoms with Crippen LogP contribution in [0.4, 0.5) is 0 Å². The van der Waals surface area contributed by atoms with Gasteiger partial charge in [-0.2, -0.15) is 0 Å². The van der Waals surface area contributed by atoms with Gasteiger partial charge in [0.1, 0.15) is 8.64 Å². The Balaban J connectivity index is 1.46. The van der Waals surface area contributed by atoms with Gasteiger partial charge >= 0.3 is 0 Å². The third kappa shape index (κ3) is 7.38. The molecule has 0 N–H and O–H groups in total. The lowest BCUT2D eigenvalue weighted by Gasteiger charge is -2.28. The fourth-order valence-electron chi connectivity index (χ4n) is 2.51. The summed E-state index contributed by atoms with van der Waals surface area (Å²) in [5.41, 5.74) is 0. The van der Waals surface area contributed by atoms with Gasteiger partial charge in [-0.25, -0.2) is 0 Å². The number of nitrogens with zero attached hydrogens (tertiary/aromatic N) is 2. The molecule has 8 heteroatoms. The van der Waals surface area contributed by atoms with Crippen molar-refractivity contribution in [3.8, 4) is 0 Å². The molecule has 2 heterocycles. The SMILES string of the molecule is S=C(SSCCSSC(=S)N1CCCCC1)N1CCCCC1. The van der Waals surface area contributed by atoms with Crippen molar-refractivity contribution in [3.05, 3.63) is 0 Å². The second kappa shape index (κ2) is 11.7. The molecule has 0 unspecified atom stereocenters. The average Bonchev–Trinajstić information content (AvgIpc) is 2.59. The quantitative estimate of drug-likeness (QED) is 0.337. The molecule has 0 aliphatic carbocycles. The molecule has 0 amide bonds. The third-order valence-electron chi connectivity index (χ3n) is 3.74. The lowest BCUT2D eigenvalue weighted by Crippen LogP contribution is -2.32. The van der Waals surface area contributed by atoms with Crippen LogP contribution in [-0.2, 0) is 0 Å². The molecule has 2 nitrogen and oxygen atoms in total. The number of rotatable bonds is 5. The van der Waals surface area contributed by atoms with Gasteiger partial charge in [0.05, 0.1) is 0 Å². The van der Waals surface area contributed by atoms with Crippen molar-refractivity contribution in [1.29, 1.82) is 0 Å². The first-order valence-electron chi connectivity index (χ1n) is 7.94. The zero-order valence-corrected chi connectivity index (χ0v) is 17.7. The first-order chi connectivity index (χ1) is 10.8. The van der Waals surface area contributed by atoms with Gasteiger partial charge in [0.25, 0.3) is 0 Å². The van der Waals surface area contributed by atoms with E-state index in [1.54, 1.807) is 21.6 Å². The highest BCUT2D eigenvalue weighted by Crippen LogP contribution is 2.31. The van der Waals surface area contributed by atoms with Crippen molar-refractivity contribution in [2.75, 3.05) is 37.7 Å². The Morgan fingerprint density at radius 3 is 1.36 bits per heavy atom. The minimum Gasteiger partial charge on any atom is -0.357 e. The molecule has 0 aromatic rings. The minimum atomic E-state index is 1.08. The fourth-order valence-corrected chi connectivity index (χ4v) is 8.19. The Hall–Kier alpha value is 1.18. The van der Waals surface area contributed by atoms with Crippen molar-refractivity contribution in [2.45, 2.75) is 38.5 Å². The van der Waals surface area contributed by atoms with Crippen LogP contribution in [0, 0.1) is 0 Å². The van der Waals surface area contributed by atoms with E-state index in [-0.39, 0.29) is 0 Å². The van der Waals surface area contributed by atoms with Crippen LogP contribution in [0.5, 0.6) is 0 Å². The van der Waals surface area contributed by atoms with Crippen molar-refractivity contribution >= 4 is 76.3 Å². The second-order valence-electron chi connectivity index (χ2n) is 5.44. The van der Waals surface area contributed by atoms with E-state index in [1.165, 1.54) is 38.5 Å². The van der Waals surface area contributed by atoms with Crippen LogP contribution >= 0.6 is 67.6 Å². The number of likely N-dealkylation sites (tertiary alicyclic amines) is 2. The average molecular weight is 413 g/mol. The summed E-state index contributed by atoms with van der Waals surface area (Å²) in [6, 6.07) is 0. The summed E-state index contributed by atoms with van der Waals surface area (Å²) < 4.78 is 2.15. The highest BCUT2D eigenvalue weighted by molar-refractivity contribution is 8.85. The minimum absolute atomic E-state index is 1.08.